The van der Waals surface area contributed by atoms with E-state index >= 15 is 0 Å². The number of hydrogen-bond donors (Lipinski definition) is 0. The van der Waals surface area contributed by atoms with Crippen molar-refractivity contribution in [1.29, 1.82) is 0 Å². The topological polar surface area (TPSA) is 63.1 Å². The van der Waals surface area contributed by atoms with Gasteiger partial charge in [0, 0.05) is 19.6 Å². The van der Waals surface area contributed by atoms with Gasteiger partial charge >= 0.3 is 6.03 Å². The summed E-state index contributed by atoms with van der Waals surface area (Å²) >= 11 is 0. The van der Waals surface area contributed by atoms with E-state index < -0.39 is 0 Å². The molecule has 0 aliphatic carbocycles. The number of aromatic nitrogens is 2. The fourth-order valence-corrected chi connectivity index (χ4v) is 3.27. The molecule has 2 bridgehead atoms. The second-order valence-corrected chi connectivity index (χ2v) is 6.04. The van der Waals surface area contributed by atoms with Crippen LogP contribution in [0.5, 0.6) is 0 Å². The molecule has 0 N–H and O–H groups in total. The average molecular weight is 331 g/mol. The first-order valence-electron chi connectivity index (χ1n) is 8.16. The number of amides is 2. The third-order valence-corrected chi connectivity index (χ3v) is 4.48. The maximum absolute atomic E-state index is 12.3. The fraction of sp³-hybridized carbons (Fsp3) is 0.500. The summed E-state index contributed by atoms with van der Waals surface area (Å²) in [5, 5.41) is 5.91. The van der Waals surface area contributed by atoms with Crippen LogP contribution in [0, 0.1) is 0 Å². The van der Waals surface area contributed by atoms with E-state index in [9.17, 15) is 4.79 Å². The van der Waals surface area contributed by atoms with Crippen molar-refractivity contribution in [3.63, 3.8) is 0 Å². The molecular formula is C16H21N5O3. The number of ether oxygens (including phenoxy) is 1. The first kappa shape index (κ1) is 15.2. The lowest BCUT2D eigenvalue weighted by Gasteiger charge is -2.27. The third-order valence-electron chi connectivity index (χ3n) is 4.48. The number of fused-ring (bicyclic) bond motifs is 2. The molecule has 4 rings (SSSR count). The smallest absolute Gasteiger partial charge is 0.345 e. The molecule has 0 saturated carbocycles. The minimum Gasteiger partial charge on any atom is -0.378 e. The molecule has 0 radical (unpaired) electrons. The molecule has 8 nitrogen and oxygen atoms in total. The predicted molar refractivity (Wildman–Crippen MR) is 88.3 cm³/mol. The number of carbonyl (C=O) groups excluding carboxylic acids is 1. The zero-order valence-corrected chi connectivity index (χ0v) is 13.5. The maximum Gasteiger partial charge on any atom is 0.345 e. The largest absolute Gasteiger partial charge is 0.378 e. The normalized spacial score (nSPS) is 23.7. The van der Waals surface area contributed by atoms with Crippen LogP contribution in [0.2, 0.25) is 0 Å². The van der Waals surface area contributed by atoms with Crippen LogP contribution in [0.1, 0.15) is 0 Å². The second kappa shape index (κ2) is 6.29. The molecule has 1 aromatic rings. The van der Waals surface area contributed by atoms with E-state index in [-0.39, 0.29) is 12.1 Å². The Kier molecular flexibility index (Phi) is 3.99. The van der Waals surface area contributed by atoms with E-state index in [2.05, 4.69) is 22.7 Å². The monoisotopic (exact) mass is 331 g/mol. The van der Waals surface area contributed by atoms with Gasteiger partial charge in [-0.1, -0.05) is 6.08 Å². The number of morpholine rings is 1. The molecule has 3 aliphatic heterocycles. The summed E-state index contributed by atoms with van der Waals surface area (Å²) in [6.45, 7) is 8.37. The highest BCUT2D eigenvalue weighted by molar-refractivity contribution is 5.80. The second-order valence-electron chi connectivity index (χ2n) is 6.04. The summed E-state index contributed by atoms with van der Waals surface area (Å²) in [7, 11) is 0. The Morgan fingerprint density at radius 2 is 2.21 bits per heavy atom. The molecular weight excluding hydrogens is 310 g/mol. The summed E-state index contributed by atoms with van der Waals surface area (Å²) in [4.78, 5) is 21.9. The predicted octanol–water partition coefficient (Wildman–Crippen LogP) is 0.798. The minimum atomic E-state index is -0.103. The van der Waals surface area contributed by atoms with Crippen molar-refractivity contribution >= 4 is 17.4 Å². The number of hydroxylamine groups is 2. The van der Waals surface area contributed by atoms with Gasteiger partial charge in [0.1, 0.15) is 0 Å². The Morgan fingerprint density at radius 1 is 1.38 bits per heavy atom. The minimum absolute atomic E-state index is 0.0859. The number of urea groups is 1. The first-order chi connectivity index (χ1) is 11.8. The van der Waals surface area contributed by atoms with E-state index in [0.717, 1.165) is 37.7 Å². The van der Waals surface area contributed by atoms with E-state index in [1.54, 1.807) is 11.0 Å². The molecule has 8 heteroatoms. The van der Waals surface area contributed by atoms with Crippen molar-refractivity contribution in [3.05, 3.63) is 31.1 Å². The van der Waals surface area contributed by atoms with E-state index in [4.69, 9.17) is 9.57 Å². The van der Waals surface area contributed by atoms with E-state index in [1.807, 2.05) is 17.1 Å². The molecule has 0 aromatic carbocycles. The Balaban J connectivity index is 1.52. The standard InChI is InChI=1S/C16H21N5O3/c1-2-5-24-21-14-8-13(10-19(11-14)16(21)22)20-12-15(9-17-20)18-3-6-23-7-4-18/h2,8-9,12,14H,1,3-7,10-11H2. The third kappa shape index (κ3) is 2.67. The van der Waals surface area contributed by atoms with Crippen LogP contribution in [0.25, 0.3) is 5.70 Å². The number of hydrogen-bond acceptors (Lipinski definition) is 5. The van der Waals surface area contributed by atoms with Crippen LogP contribution in [0.15, 0.2) is 31.1 Å². The highest BCUT2D eigenvalue weighted by Crippen LogP contribution is 2.27. The lowest BCUT2D eigenvalue weighted by Crippen LogP contribution is -2.36. The lowest BCUT2D eigenvalue weighted by atomic mass is 10.2. The number of rotatable bonds is 5. The van der Waals surface area contributed by atoms with Gasteiger partial charge < -0.3 is 14.5 Å². The summed E-state index contributed by atoms with van der Waals surface area (Å²) in [6.07, 6.45) is 7.58. The van der Waals surface area contributed by atoms with Crippen molar-refractivity contribution in [2.45, 2.75) is 6.04 Å². The van der Waals surface area contributed by atoms with Gasteiger partial charge in [-0.15, -0.1) is 6.58 Å². The highest BCUT2D eigenvalue weighted by atomic mass is 16.7. The summed E-state index contributed by atoms with van der Waals surface area (Å²) in [5.74, 6) is 0. The van der Waals surface area contributed by atoms with Gasteiger partial charge in [-0.25, -0.2) is 9.48 Å². The van der Waals surface area contributed by atoms with Gasteiger partial charge in [-0.2, -0.15) is 10.2 Å². The quantitative estimate of drug-likeness (QED) is 0.747. The number of carbonyl (C=O) groups is 1. The van der Waals surface area contributed by atoms with E-state index in [0.29, 0.717) is 19.7 Å². The average Bonchev–Trinajstić information content (AvgIpc) is 3.19. The van der Waals surface area contributed by atoms with Crippen LogP contribution in [-0.4, -0.2) is 77.8 Å². The van der Waals surface area contributed by atoms with Crippen molar-refractivity contribution < 1.29 is 14.4 Å². The number of anilines is 1. The van der Waals surface area contributed by atoms with Gasteiger partial charge in [0.25, 0.3) is 0 Å². The zero-order valence-electron chi connectivity index (χ0n) is 13.5. The van der Waals surface area contributed by atoms with Crippen molar-refractivity contribution in [1.82, 2.24) is 19.7 Å². The van der Waals surface area contributed by atoms with Gasteiger partial charge in [-0.05, 0) is 6.08 Å². The Hall–Kier alpha value is -2.32. The van der Waals surface area contributed by atoms with Crippen molar-refractivity contribution in [2.75, 3.05) is 50.9 Å². The first-order valence-corrected chi connectivity index (χ1v) is 8.16. The lowest BCUT2D eigenvalue weighted by molar-refractivity contribution is -0.107. The summed E-state index contributed by atoms with van der Waals surface area (Å²) < 4.78 is 7.24. The molecule has 128 valence electrons. The van der Waals surface area contributed by atoms with Gasteiger partial charge in [0.05, 0.1) is 56.2 Å². The van der Waals surface area contributed by atoms with Crippen LogP contribution >= 0.6 is 0 Å². The van der Waals surface area contributed by atoms with Crippen molar-refractivity contribution in [2.24, 2.45) is 0 Å². The van der Waals surface area contributed by atoms with Gasteiger partial charge in [0.2, 0.25) is 0 Å². The molecule has 2 fully saturated rings. The van der Waals surface area contributed by atoms with Crippen LogP contribution in [-0.2, 0) is 9.57 Å². The van der Waals surface area contributed by atoms with Crippen LogP contribution in [0.3, 0.4) is 0 Å². The zero-order chi connectivity index (χ0) is 16.5. The summed E-state index contributed by atoms with van der Waals surface area (Å²) in [5.41, 5.74) is 2.07. The molecule has 4 heterocycles. The molecule has 3 aliphatic rings. The summed E-state index contributed by atoms with van der Waals surface area (Å²) in [6, 6.07) is -0.189. The SMILES string of the molecule is C=CCON1C(=O)N2CC(n3cc(N4CCOCC4)cn3)=CC1C2. The van der Waals surface area contributed by atoms with Gasteiger partial charge in [0.15, 0.2) is 0 Å². The van der Waals surface area contributed by atoms with Gasteiger partial charge in [-0.3, -0.25) is 4.84 Å². The van der Waals surface area contributed by atoms with E-state index in [1.165, 1.54) is 5.06 Å². The highest BCUT2D eigenvalue weighted by Gasteiger charge is 2.41. The Morgan fingerprint density at radius 3 is 3.00 bits per heavy atom. The molecule has 1 unspecified atom stereocenters. The molecule has 1 atom stereocenters. The maximum atomic E-state index is 12.3. The van der Waals surface area contributed by atoms with Crippen molar-refractivity contribution in [3.8, 4) is 0 Å². The molecule has 2 amide bonds. The fourth-order valence-electron chi connectivity index (χ4n) is 3.27. The van der Waals surface area contributed by atoms with Crippen LogP contribution in [0.4, 0.5) is 10.5 Å². The molecule has 24 heavy (non-hydrogen) atoms. The Bertz CT molecular complexity index is 664. The number of nitrogens with zero attached hydrogens (tertiary/aromatic N) is 5. The molecule has 1 aromatic heterocycles. The molecule has 0 spiro atoms. The van der Waals surface area contributed by atoms with Crippen LogP contribution < -0.4 is 4.90 Å². The Labute approximate surface area is 140 Å². The molecule has 2 saturated heterocycles.